The fourth-order valence-corrected chi connectivity index (χ4v) is 2.91. The highest BCUT2D eigenvalue weighted by atomic mass is 16.5. The maximum atomic E-state index is 12.1. The average molecular weight is 271 g/mol. The van der Waals surface area contributed by atoms with E-state index < -0.39 is 28.8 Å². The molecule has 108 valence electrons. The quantitative estimate of drug-likeness (QED) is 0.749. The number of amides is 1. The minimum atomic E-state index is -0.907. The van der Waals surface area contributed by atoms with Gasteiger partial charge in [0, 0.05) is 26.7 Å². The molecule has 0 bridgehead atoms. The van der Waals surface area contributed by atoms with Crippen LogP contribution < -0.4 is 5.32 Å². The number of carboxylic acids is 1. The highest BCUT2D eigenvalue weighted by Gasteiger charge is 2.65. The number of nitrogens with one attached hydrogen (secondary N) is 1. The van der Waals surface area contributed by atoms with Crippen LogP contribution >= 0.6 is 0 Å². The Morgan fingerprint density at radius 2 is 2.11 bits per heavy atom. The van der Waals surface area contributed by atoms with Gasteiger partial charge in [-0.1, -0.05) is 13.8 Å². The van der Waals surface area contributed by atoms with Crippen LogP contribution in [0.25, 0.3) is 0 Å². The van der Waals surface area contributed by atoms with Crippen LogP contribution in [0.4, 0.5) is 0 Å². The molecule has 3 atom stereocenters. The Hall–Kier alpha value is -1.14. The Balaban J connectivity index is 1.91. The van der Waals surface area contributed by atoms with E-state index in [1.807, 2.05) is 0 Å². The summed E-state index contributed by atoms with van der Waals surface area (Å²) in [5.41, 5.74) is -0.935. The number of ether oxygens (including phenoxy) is 2. The second-order valence-corrected chi connectivity index (χ2v) is 6.02. The van der Waals surface area contributed by atoms with Crippen LogP contribution in [0.15, 0.2) is 0 Å². The Kier molecular flexibility index (Phi) is 3.57. The van der Waals surface area contributed by atoms with Crippen molar-refractivity contribution < 1.29 is 24.2 Å². The molecule has 0 aromatic carbocycles. The van der Waals surface area contributed by atoms with Gasteiger partial charge in [0.2, 0.25) is 5.91 Å². The first-order chi connectivity index (χ1) is 8.84. The fraction of sp³-hybridized carbons (Fsp3) is 0.846. The van der Waals surface area contributed by atoms with E-state index in [0.29, 0.717) is 19.8 Å². The molecule has 0 radical (unpaired) electrons. The van der Waals surface area contributed by atoms with Crippen molar-refractivity contribution >= 4 is 11.9 Å². The molecule has 6 heteroatoms. The van der Waals surface area contributed by atoms with Crippen LogP contribution in [-0.2, 0) is 19.1 Å². The van der Waals surface area contributed by atoms with Gasteiger partial charge in [0.15, 0.2) is 0 Å². The third-order valence-electron chi connectivity index (χ3n) is 4.46. The predicted octanol–water partition coefficient (Wildman–Crippen LogP) is 0.265. The predicted molar refractivity (Wildman–Crippen MR) is 66.6 cm³/mol. The molecular formula is C13H21NO5. The molecule has 19 heavy (non-hydrogen) atoms. The topological polar surface area (TPSA) is 84.9 Å². The van der Waals surface area contributed by atoms with E-state index >= 15 is 0 Å². The lowest BCUT2D eigenvalue weighted by Crippen LogP contribution is -2.45. The zero-order valence-corrected chi connectivity index (χ0v) is 11.6. The van der Waals surface area contributed by atoms with Crippen LogP contribution in [0.1, 0.15) is 20.3 Å². The lowest BCUT2D eigenvalue weighted by Gasteiger charge is -2.26. The number of rotatable bonds is 5. The van der Waals surface area contributed by atoms with E-state index in [9.17, 15) is 9.59 Å². The summed E-state index contributed by atoms with van der Waals surface area (Å²) in [5, 5.41) is 11.9. The largest absolute Gasteiger partial charge is 0.481 e. The Bertz CT molecular complexity index is 386. The summed E-state index contributed by atoms with van der Waals surface area (Å²) in [7, 11) is 1.60. The maximum absolute atomic E-state index is 12.1. The average Bonchev–Trinajstić information content (AvgIpc) is 2.74. The van der Waals surface area contributed by atoms with Gasteiger partial charge < -0.3 is 19.9 Å². The van der Waals surface area contributed by atoms with Gasteiger partial charge in [-0.25, -0.2) is 0 Å². The second kappa shape index (κ2) is 4.76. The van der Waals surface area contributed by atoms with Gasteiger partial charge in [-0.2, -0.15) is 0 Å². The summed E-state index contributed by atoms with van der Waals surface area (Å²) >= 11 is 0. The number of hydrogen-bond donors (Lipinski definition) is 2. The molecule has 2 aliphatic rings. The maximum Gasteiger partial charge on any atom is 0.307 e. The molecule has 2 fully saturated rings. The molecule has 1 heterocycles. The van der Waals surface area contributed by atoms with Gasteiger partial charge in [0.1, 0.15) is 5.60 Å². The molecule has 1 aliphatic carbocycles. The summed E-state index contributed by atoms with van der Waals surface area (Å²) in [6, 6.07) is 0. The number of carbonyl (C=O) groups is 2. The molecule has 1 amide bonds. The lowest BCUT2D eigenvalue weighted by molar-refractivity contribution is -0.140. The van der Waals surface area contributed by atoms with Crippen molar-refractivity contribution in [1.82, 2.24) is 5.32 Å². The summed E-state index contributed by atoms with van der Waals surface area (Å²) < 4.78 is 10.7. The number of methoxy groups -OCH3 is 1. The molecule has 1 aliphatic heterocycles. The molecule has 0 aromatic rings. The molecule has 2 rings (SSSR count). The Morgan fingerprint density at radius 1 is 1.42 bits per heavy atom. The molecule has 0 spiro atoms. The molecule has 1 saturated carbocycles. The standard InChI is InChI=1S/C13H21NO5/c1-12(2)8(9(12)11(16)17)10(15)14-6-13(18-3)4-5-19-7-13/h8-9H,4-7H2,1-3H3,(H,14,15)(H,16,17)/t8-,9+,13?/m1/s1. The highest BCUT2D eigenvalue weighted by molar-refractivity contribution is 5.91. The molecule has 1 saturated heterocycles. The zero-order valence-electron chi connectivity index (χ0n) is 11.6. The van der Waals surface area contributed by atoms with Crippen molar-refractivity contribution in [1.29, 1.82) is 0 Å². The van der Waals surface area contributed by atoms with Crippen molar-refractivity contribution in [2.24, 2.45) is 17.3 Å². The molecular weight excluding hydrogens is 250 g/mol. The van der Waals surface area contributed by atoms with Crippen LogP contribution in [0.2, 0.25) is 0 Å². The van der Waals surface area contributed by atoms with Crippen molar-refractivity contribution in [3.05, 3.63) is 0 Å². The molecule has 0 aromatic heterocycles. The van der Waals surface area contributed by atoms with E-state index in [1.165, 1.54) is 0 Å². The fourth-order valence-electron chi connectivity index (χ4n) is 2.91. The van der Waals surface area contributed by atoms with E-state index in [2.05, 4.69) is 5.32 Å². The van der Waals surface area contributed by atoms with Crippen molar-refractivity contribution in [3.8, 4) is 0 Å². The van der Waals surface area contributed by atoms with Crippen molar-refractivity contribution in [3.63, 3.8) is 0 Å². The van der Waals surface area contributed by atoms with Gasteiger partial charge in [-0.05, 0) is 5.41 Å². The number of carbonyl (C=O) groups excluding carboxylic acids is 1. The molecule has 1 unspecified atom stereocenters. The SMILES string of the molecule is COC1(CNC(=O)[C@H]2[C@@H](C(=O)O)C2(C)C)CCOC1. The van der Waals surface area contributed by atoms with Crippen molar-refractivity contribution in [2.75, 3.05) is 26.9 Å². The molecule has 6 nitrogen and oxygen atoms in total. The highest BCUT2D eigenvalue weighted by Crippen LogP contribution is 2.58. The summed E-state index contributed by atoms with van der Waals surface area (Å²) in [5.74, 6) is -2.16. The lowest BCUT2D eigenvalue weighted by atomic mass is 10.0. The Morgan fingerprint density at radius 3 is 2.53 bits per heavy atom. The first-order valence-electron chi connectivity index (χ1n) is 6.47. The summed E-state index contributed by atoms with van der Waals surface area (Å²) in [6.45, 7) is 5.05. The normalized spacial score (nSPS) is 35.9. The monoisotopic (exact) mass is 271 g/mol. The van der Waals surface area contributed by atoms with Gasteiger partial charge in [0.05, 0.1) is 18.4 Å². The first kappa shape index (κ1) is 14.3. The van der Waals surface area contributed by atoms with Crippen LogP contribution in [0, 0.1) is 17.3 Å². The number of aliphatic carboxylic acids is 1. The summed E-state index contributed by atoms with van der Waals surface area (Å²) in [6.07, 6.45) is 0.736. The van der Waals surface area contributed by atoms with Crippen LogP contribution in [-0.4, -0.2) is 49.5 Å². The number of carboxylic acid groups (broad SMARTS) is 1. The third-order valence-corrected chi connectivity index (χ3v) is 4.46. The van der Waals surface area contributed by atoms with Gasteiger partial charge >= 0.3 is 5.97 Å². The minimum absolute atomic E-state index is 0.208. The van der Waals surface area contributed by atoms with Crippen molar-refractivity contribution in [2.45, 2.75) is 25.9 Å². The minimum Gasteiger partial charge on any atom is -0.481 e. The second-order valence-electron chi connectivity index (χ2n) is 6.02. The Labute approximate surface area is 112 Å². The third kappa shape index (κ3) is 2.47. The van der Waals surface area contributed by atoms with E-state index in [0.717, 1.165) is 6.42 Å². The van der Waals surface area contributed by atoms with Gasteiger partial charge in [0.25, 0.3) is 0 Å². The van der Waals surface area contributed by atoms with E-state index in [-0.39, 0.29) is 5.91 Å². The molecule has 2 N–H and O–H groups in total. The first-order valence-corrected chi connectivity index (χ1v) is 6.47. The van der Waals surface area contributed by atoms with Gasteiger partial charge in [-0.3, -0.25) is 9.59 Å². The van der Waals surface area contributed by atoms with Crippen LogP contribution in [0.5, 0.6) is 0 Å². The summed E-state index contributed by atoms with van der Waals surface area (Å²) in [4.78, 5) is 23.1. The zero-order chi connectivity index (χ0) is 14.3. The van der Waals surface area contributed by atoms with E-state index in [4.69, 9.17) is 14.6 Å². The number of hydrogen-bond acceptors (Lipinski definition) is 4. The smallest absolute Gasteiger partial charge is 0.307 e. The van der Waals surface area contributed by atoms with Crippen LogP contribution in [0.3, 0.4) is 0 Å². The van der Waals surface area contributed by atoms with E-state index in [1.54, 1.807) is 21.0 Å². The van der Waals surface area contributed by atoms with Gasteiger partial charge in [-0.15, -0.1) is 0 Å².